The minimum Gasteiger partial charge on any atom is -0.483 e. The van der Waals surface area contributed by atoms with Crippen molar-refractivity contribution in [3.05, 3.63) is 28.2 Å². The first-order valence-electron chi connectivity index (χ1n) is 6.69. The van der Waals surface area contributed by atoms with Crippen molar-refractivity contribution in [3.8, 4) is 5.75 Å². The molecule has 1 unspecified atom stereocenters. The molecule has 0 radical (unpaired) electrons. The molecule has 0 aliphatic carbocycles. The minimum absolute atomic E-state index is 0.0463. The van der Waals surface area contributed by atoms with E-state index in [1.807, 2.05) is 32.9 Å². The van der Waals surface area contributed by atoms with Gasteiger partial charge in [0, 0.05) is 6.54 Å². The Morgan fingerprint density at radius 3 is 2.57 bits per heavy atom. The Balaban J connectivity index is 2.45. The zero-order chi connectivity index (χ0) is 16.0. The molecule has 0 aromatic heterocycles. The highest BCUT2D eigenvalue weighted by atomic mass is 79.9. The number of benzene rings is 1. The molecule has 0 spiro atoms. The van der Waals surface area contributed by atoms with Crippen LogP contribution in [0.3, 0.4) is 0 Å². The van der Waals surface area contributed by atoms with Gasteiger partial charge in [0.1, 0.15) is 5.75 Å². The highest BCUT2D eigenvalue weighted by molar-refractivity contribution is 9.10. The summed E-state index contributed by atoms with van der Waals surface area (Å²) in [5, 5.41) is 11.6. The van der Waals surface area contributed by atoms with Crippen LogP contribution < -0.4 is 10.1 Å². The minimum atomic E-state index is -0.910. The molecule has 1 amide bonds. The predicted octanol–water partition coefficient (Wildman–Crippen LogP) is 2.61. The number of hydrogen-bond donors (Lipinski definition) is 2. The van der Waals surface area contributed by atoms with Crippen molar-refractivity contribution in [1.29, 1.82) is 0 Å². The van der Waals surface area contributed by atoms with Crippen LogP contribution in [-0.4, -0.2) is 30.1 Å². The number of amides is 1. The molecule has 0 aliphatic heterocycles. The molecule has 0 saturated heterocycles. The van der Waals surface area contributed by atoms with Gasteiger partial charge in [0.15, 0.2) is 6.61 Å². The number of carbonyl (C=O) groups excluding carboxylic acids is 1. The molecule has 5 nitrogen and oxygen atoms in total. The number of aliphatic carboxylic acids is 1. The second kappa shape index (κ2) is 8.02. The van der Waals surface area contributed by atoms with Crippen molar-refractivity contribution in [1.82, 2.24) is 5.32 Å². The van der Waals surface area contributed by atoms with Crippen molar-refractivity contribution in [2.75, 3.05) is 13.2 Å². The van der Waals surface area contributed by atoms with Crippen molar-refractivity contribution < 1.29 is 19.4 Å². The Kier molecular flexibility index (Phi) is 6.68. The van der Waals surface area contributed by atoms with Gasteiger partial charge in [0.05, 0.1) is 10.4 Å². The van der Waals surface area contributed by atoms with E-state index in [1.165, 1.54) is 0 Å². The molecular weight excluding hydrogens is 338 g/mol. The molecule has 1 aromatic rings. The first-order valence-corrected chi connectivity index (χ1v) is 7.49. The molecule has 2 N–H and O–H groups in total. The van der Waals surface area contributed by atoms with E-state index < -0.39 is 11.9 Å². The van der Waals surface area contributed by atoms with Crippen LogP contribution in [-0.2, 0) is 9.59 Å². The maximum absolute atomic E-state index is 11.7. The standard InChI is InChI=1S/C15H20BrNO4/c1-9(2)11(15(19)20)7-17-14(18)8-21-13-5-4-10(3)6-12(13)16/h4-6,9,11H,7-8H2,1-3H3,(H,17,18)(H,19,20). The summed E-state index contributed by atoms with van der Waals surface area (Å²) >= 11 is 3.36. The molecule has 1 rings (SSSR count). The van der Waals surface area contributed by atoms with Crippen LogP contribution in [0.5, 0.6) is 5.75 Å². The Morgan fingerprint density at radius 1 is 1.38 bits per heavy atom. The summed E-state index contributed by atoms with van der Waals surface area (Å²) < 4.78 is 6.18. The highest BCUT2D eigenvalue weighted by Crippen LogP contribution is 2.25. The summed E-state index contributed by atoms with van der Waals surface area (Å²) in [5.74, 6) is -1.31. The van der Waals surface area contributed by atoms with E-state index in [-0.39, 0.29) is 25.0 Å². The van der Waals surface area contributed by atoms with Gasteiger partial charge in [-0.2, -0.15) is 0 Å². The van der Waals surface area contributed by atoms with Crippen LogP contribution in [0.1, 0.15) is 19.4 Å². The fraction of sp³-hybridized carbons (Fsp3) is 0.467. The quantitative estimate of drug-likeness (QED) is 0.786. The second-order valence-corrected chi connectivity index (χ2v) is 6.07. The Hall–Kier alpha value is -1.56. The van der Waals surface area contributed by atoms with E-state index in [0.717, 1.165) is 10.0 Å². The molecule has 0 heterocycles. The van der Waals surface area contributed by atoms with Gasteiger partial charge < -0.3 is 15.2 Å². The third-order valence-electron chi connectivity index (χ3n) is 3.09. The number of aryl methyl sites for hydroxylation is 1. The van der Waals surface area contributed by atoms with Crippen molar-refractivity contribution in [3.63, 3.8) is 0 Å². The molecule has 1 atom stereocenters. The summed E-state index contributed by atoms with van der Waals surface area (Å²) in [4.78, 5) is 22.7. The zero-order valence-corrected chi connectivity index (χ0v) is 13.9. The molecule has 0 saturated carbocycles. The van der Waals surface area contributed by atoms with Crippen molar-refractivity contribution >= 4 is 27.8 Å². The monoisotopic (exact) mass is 357 g/mol. The molecule has 0 aliphatic rings. The van der Waals surface area contributed by atoms with E-state index >= 15 is 0 Å². The number of carboxylic acid groups (broad SMARTS) is 1. The Morgan fingerprint density at radius 2 is 2.05 bits per heavy atom. The van der Waals surface area contributed by atoms with Gasteiger partial charge in [0.25, 0.3) is 5.91 Å². The number of hydrogen-bond acceptors (Lipinski definition) is 3. The van der Waals surface area contributed by atoms with E-state index in [2.05, 4.69) is 21.2 Å². The zero-order valence-electron chi connectivity index (χ0n) is 12.4. The maximum atomic E-state index is 11.7. The lowest BCUT2D eigenvalue weighted by atomic mass is 9.96. The van der Waals surface area contributed by atoms with E-state index in [4.69, 9.17) is 9.84 Å². The molecule has 6 heteroatoms. The maximum Gasteiger partial charge on any atom is 0.308 e. The van der Waals surface area contributed by atoms with Gasteiger partial charge in [-0.25, -0.2) is 0 Å². The number of halogens is 1. The Labute approximate surface area is 132 Å². The average molecular weight is 358 g/mol. The fourth-order valence-corrected chi connectivity index (χ4v) is 2.36. The number of carboxylic acids is 1. The lowest BCUT2D eigenvalue weighted by molar-refractivity contribution is -0.143. The fourth-order valence-electron chi connectivity index (χ4n) is 1.75. The normalized spacial score (nSPS) is 12.0. The van der Waals surface area contributed by atoms with E-state index in [1.54, 1.807) is 6.07 Å². The van der Waals surface area contributed by atoms with Gasteiger partial charge in [-0.05, 0) is 46.5 Å². The van der Waals surface area contributed by atoms with Crippen LogP contribution in [0.4, 0.5) is 0 Å². The van der Waals surface area contributed by atoms with E-state index in [9.17, 15) is 9.59 Å². The largest absolute Gasteiger partial charge is 0.483 e. The third-order valence-corrected chi connectivity index (χ3v) is 3.71. The van der Waals surface area contributed by atoms with Gasteiger partial charge in [-0.3, -0.25) is 9.59 Å². The second-order valence-electron chi connectivity index (χ2n) is 5.22. The van der Waals surface area contributed by atoms with Gasteiger partial charge >= 0.3 is 5.97 Å². The van der Waals surface area contributed by atoms with Gasteiger partial charge in [-0.1, -0.05) is 19.9 Å². The van der Waals surface area contributed by atoms with Crippen molar-refractivity contribution in [2.24, 2.45) is 11.8 Å². The molecule has 21 heavy (non-hydrogen) atoms. The summed E-state index contributed by atoms with van der Waals surface area (Å²) in [7, 11) is 0. The summed E-state index contributed by atoms with van der Waals surface area (Å²) in [6.45, 7) is 5.53. The highest BCUT2D eigenvalue weighted by Gasteiger charge is 2.22. The molecule has 1 aromatic carbocycles. The van der Waals surface area contributed by atoms with Gasteiger partial charge in [-0.15, -0.1) is 0 Å². The first kappa shape index (κ1) is 17.5. The molecule has 0 bridgehead atoms. The summed E-state index contributed by atoms with van der Waals surface area (Å²) in [6, 6.07) is 5.56. The number of carbonyl (C=O) groups is 2. The van der Waals surface area contributed by atoms with Crippen LogP contribution in [0.15, 0.2) is 22.7 Å². The van der Waals surface area contributed by atoms with Crippen LogP contribution >= 0.6 is 15.9 Å². The topological polar surface area (TPSA) is 75.6 Å². The molecular formula is C15H20BrNO4. The number of nitrogens with one attached hydrogen (secondary N) is 1. The van der Waals surface area contributed by atoms with Gasteiger partial charge in [0.2, 0.25) is 0 Å². The van der Waals surface area contributed by atoms with Crippen LogP contribution in [0.25, 0.3) is 0 Å². The molecule has 0 fully saturated rings. The lowest BCUT2D eigenvalue weighted by Crippen LogP contribution is -2.37. The average Bonchev–Trinajstić information content (AvgIpc) is 2.37. The summed E-state index contributed by atoms with van der Waals surface area (Å²) in [6.07, 6.45) is 0. The number of rotatable bonds is 7. The van der Waals surface area contributed by atoms with Crippen molar-refractivity contribution in [2.45, 2.75) is 20.8 Å². The number of ether oxygens (including phenoxy) is 1. The smallest absolute Gasteiger partial charge is 0.308 e. The van der Waals surface area contributed by atoms with Crippen LogP contribution in [0, 0.1) is 18.8 Å². The first-order chi connectivity index (χ1) is 9.81. The van der Waals surface area contributed by atoms with Crippen LogP contribution in [0.2, 0.25) is 0 Å². The summed E-state index contributed by atoms with van der Waals surface area (Å²) in [5.41, 5.74) is 1.08. The Bertz CT molecular complexity index is 516. The SMILES string of the molecule is Cc1ccc(OCC(=O)NCC(C(=O)O)C(C)C)c(Br)c1. The molecule has 116 valence electrons. The van der Waals surface area contributed by atoms with E-state index in [0.29, 0.717) is 5.75 Å². The predicted molar refractivity (Wildman–Crippen MR) is 83.3 cm³/mol. The third kappa shape index (κ3) is 5.75. The lowest BCUT2D eigenvalue weighted by Gasteiger charge is -2.17.